The van der Waals surface area contributed by atoms with Gasteiger partial charge in [0.1, 0.15) is 5.82 Å². The van der Waals surface area contributed by atoms with Gasteiger partial charge in [-0.3, -0.25) is 0 Å². The topological polar surface area (TPSA) is 0 Å². The lowest BCUT2D eigenvalue weighted by Gasteiger charge is -2.40. The predicted octanol–water partition coefficient (Wildman–Crippen LogP) is 10.8. The number of hydrogen-bond acceptors (Lipinski definition) is 0. The van der Waals surface area contributed by atoms with Crippen molar-refractivity contribution in [2.75, 3.05) is 0 Å². The highest BCUT2D eigenvalue weighted by atomic mass is 35.5. The van der Waals surface area contributed by atoms with Gasteiger partial charge in [-0.2, -0.15) is 0 Å². The fraction of sp³-hybridized carbons (Fsp3) is 0.750. The molecule has 2 saturated carbocycles. The van der Waals surface area contributed by atoms with Gasteiger partial charge in [-0.15, -0.1) is 0 Å². The molecule has 1 aromatic rings. The van der Waals surface area contributed by atoms with Crippen LogP contribution in [0.2, 0.25) is 5.02 Å². The van der Waals surface area contributed by atoms with Crippen LogP contribution in [0.5, 0.6) is 0 Å². The van der Waals surface area contributed by atoms with Crippen LogP contribution < -0.4 is 0 Å². The third-order valence-corrected chi connectivity index (χ3v) is 10.1. The summed E-state index contributed by atoms with van der Waals surface area (Å²) in [5, 5.41) is 0.355. The minimum atomic E-state index is -0.180. The summed E-state index contributed by atoms with van der Waals surface area (Å²) < 4.78 is 14.9. The maximum Gasteiger partial charge on any atom is 0.145 e. The number of rotatable bonds is 9. The number of aryl methyl sites for hydroxylation is 1. The first-order chi connectivity index (χ1) is 16.6. The van der Waals surface area contributed by atoms with Gasteiger partial charge in [0, 0.05) is 0 Å². The largest absolute Gasteiger partial charge is 0.205 e. The Labute approximate surface area is 214 Å². The average molecular weight is 487 g/mol. The van der Waals surface area contributed by atoms with Crippen molar-refractivity contribution in [1.82, 2.24) is 0 Å². The zero-order valence-electron chi connectivity index (χ0n) is 21.9. The van der Waals surface area contributed by atoms with Crippen molar-refractivity contribution in [2.24, 2.45) is 29.6 Å². The highest BCUT2D eigenvalue weighted by molar-refractivity contribution is 6.32. The van der Waals surface area contributed by atoms with E-state index in [1.54, 1.807) is 0 Å². The van der Waals surface area contributed by atoms with E-state index in [0.717, 1.165) is 79.2 Å². The standard InChI is InChI=1S/C32H48ClF/c1-3-5-6-8-29-21-22-30(31(33)32(29)34)28-19-17-27(18-20-28)26-15-13-25(14-16-26)24-11-9-23(7-4-2)10-12-24/h19,21-27H,3-18,20H2,1-2H3. The van der Waals surface area contributed by atoms with Crippen LogP contribution in [0, 0.1) is 35.4 Å². The first kappa shape index (κ1) is 26.2. The molecule has 0 aromatic heterocycles. The molecule has 4 rings (SSSR count). The van der Waals surface area contributed by atoms with Crippen molar-refractivity contribution >= 4 is 17.2 Å². The molecule has 1 aromatic carbocycles. The monoisotopic (exact) mass is 486 g/mol. The van der Waals surface area contributed by atoms with Gasteiger partial charge in [0.25, 0.3) is 0 Å². The van der Waals surface area contributed by atoms with E-state index in [9.17, 15) is 4.39 Å². The van der Waals surface area contributed by atoms with E-state index in [-0.39, 0.29) is 5.82 Å². The summed E-state index contributed by atoms with van der Waals surface area (Å²) in [6, 6.07) is 4.06. The van der Waals surface area contributed by atoms with Gasteiger partial charge < -0.3 is 0 Å². The summed E-state index contributed by atoms with van der Waals surface area (Å²) in [7, 11) is 0. The summed E-state index contributed by atoms with van der Waals surface area (Å²) in [6.45, 7) is 4.52. The predicted molar refractivity (Wildman–Crippen MR) is 146 cm³/mol. The molecule has 3 aliphatic carbocycles. The van der Waals surface area contributed by atoms with Gasteiger partial charge >= 0.3 is 0 Å². The lowest BCUT2D eigenvalue weighted by atomic mass is 9.65. The highest BCUT2D eigenvalue weighted by Gasteiger charge is 2.33. The number of halogens is 2. The van der Waals surface area contributed by atoms with Gasteiger partial charge in [-0.05, 0) is 117 Å². The summed E-state index contributed by atoms with van der Waals surface area (Å²) >= 11 is 6.53. The van der Waals surface area contributed by atoms with Crippen molar-refractivity contribution in [3.05, 3.63) is 40.2 Å². The minimum Gasteiger partial charge on any atom is -0.205 e. The quantitative estimate of drug-likeness (QED) is 0.304. The average Bonchev–Trinajstić information content (AvgIpc) is 2.88. The van der Waals surface area contributed by atoms with Crippen LogP contribution in [-0.2, 0) is 6.42 Å². The van der Waals surface area contributed by atoms with E-state index in [0.29, 0.717) is 5.02 Å². The third-order valence-electron chi connectivity index (χ3n) is 9.75. The Morgan fingerprint density at radius 1 is 0.794 bits per heavy atom. The van der Waals surface area contributed by atoms with Crippen molar-refractivity contribution in [2.45, 2.75) is 123 Å². The molecular weight excluding hydrogens is 439 g/mol. The van der Waals surface area contributed by atoms with Gasteiger partial charge in [-0.25, -0.2) is 4.39 Å². The number of unbranched alkanes of at least 4 members (excludes halogenated alkanes) is 2. The molecule has 1 unspecified atom stereocenters. The van der Waals surface area contributed by atoms with E-state index in [2.05, 4.69) is 26.0 Å². The first-order valence-electron chi connectivity index (χ1n) is 14.8. The second kappa shape index (κ2) is 12.9. The second-order valence-corrected chi connectivity index (χ2v) is 12.2. The Hall–Kier alpha value is -0.820. The van der Waals surface area contributed by atoms with E-state index < -0.39 is 0 Å². The minimum absolute atomic E-state index is 0.180. The lowest BCUT2D eigenvalue weighted by molar-refractivity contribution is 0.121. The molecule has 1 atom stereocenters. The summed E-state index contributed by atoms with van der Waals surface area (Å²) in [5.41, 5.74) is 3.00. The Morgan fingerprint density at radius 2 is 1.44 bits per heavy atom. The molecule has 3 aliphatic rings. The fourth-order valence-corrected chi connectivity index (χ4v) is 7.87. The molecule has 0 N–H and O–H groups in total. The molecule has 0 aliphatic heterocycles. The third kappa shape index (κ3) is 6.48. The normalized spacial score (nSPS) is 30.2. The number of hydrogen-bond donors (Lipinski definition) is 0. The Bertz CT molecular complexity index is 795. The van der Waals surface area contributed by atoms with E-state index in [1.807, 2.05) is 6.07 Å². The van der Waals surface area contributed by atoms with Crippen LogP contribution in [0.3, 0.4) is 0 Å². The maximum absolute atomic E-state index is 14.9. The van der Waals surface area contributed by atoms with Crippen LogP contribution >= 0.6 is 11.6 Å². The van der Waals surface area contributed by atoms with Crippen LogP contribution in [-0.4, -0.2) is 0 Å². The van der Waals surface area contributed by atoms with Crippen molar-refractivity contribution in [1.29, 1.82) is 0 Å². The van der Waals surface area contributed by atoms with Crippen molar-refractivity contribution < 1.29 is 4.39 Å². The summed E-state index contributed by atoms with van der Waals surface area (Å²) in [4.78, 5) is 0. The molecule has 0 amide bonds. The van der Waals surface area contributed by atoms with E-state index >= 15 is 0 Å². The molecule has 0 heterocycles. The van der Waals surface area contributed by atoms with Crippen molar-refractivity contribution in [3.63, 3.8) is 0 Å². The zero-order chi connectivity index (χ0) is 23.9. The number of allylic oxidation sites excluding steroid dienone is 2. The Kier molecular flexibility index (Phi) is 9.99. The molecule has 34 heavy (non-hydrogen) atoms. The van der Waals surface area contributed by atoms with Crippen LogP contribution in [0.4, 0.5) is 4.39 Å². The molecule has 0 radical (unpaired) electrons. The molecule has 2 fully saturated rings. The zero-order valence-corrected chi connectivity index (χ0v) is 22.7. The smallest absolute Gasteiger partial charge is 0.145 e. The fourth-order valence-electron chi connectivity index (χ4n) is 7.57. The maximum atomic E-state index is 14.9. The molecular formula is C32H48ClF. The van der Waals surface area contributed by atoms with Crippen LogP contribution in [0.1, 0.15) is 128 Å². The van der Waals surface area contributed by atoms with E-state index in [4.69, 9.17) is 11.6 Å². The van der Waals surface area contributed by atoms with E-state index in [1.165, 1.54) is 76.2 Å². The van der Waals surface area contributed by atoms with Crippen LogP contribution in [0.25, 0.3) is 5.57 Å². The molecule has 2 heteroatoms. The molecule has 0 saturated heterocycles. The molecule has 0 spiro atoms. The van der Waals surface area contributed by atoms with Gasteiger partial charge in [0.15, 0.2) is 0 Å². The van der Waals surface area contributed by atoms with Crippen LogP contribution in [0.15, 0.2) is 18.2 Å². The molecule has 0 bridgehead atoms. The van der Waals surface area contributed by atoms with Gasteiger partial charge in [-0.1, -0.05) is 82.2 Å². The Balaban J connectivity index is 1.27. The summed E-state index contributed by atoms with van der Waals surface area (Å²) in [5.74, 6) is 4.60. The number of benzene rings is 1. The second-order valence-electron chi connectivity index (χ2n) is 11.9. The molecule has 190 valence electrons. The highest BCUT2D eigenvalue weighted by Crippen LogP contribution is 2.46. The SMILES string of the molecule is CCCCCc1ccc(C2=CCC(C3CCC(C4CCC(CCC)CC4)CC3)CC2)c(Cl)c1F. The lowest BCUT2D eigenvalue weighted by Crippen LogP contribution is -2.28. The first-order valence-corrected chi connectivity index (χ1v) is 15.1. The van der Waals surface area contributed by atoms with Crippen molar-refractivity contribution in [3.8, 4) is 0 Å². The van der Waals surface area contributed by atoms with Gasteiger partial charge in [0.2, 0.25) is 0 Å². The Morgan fingerprint density at radius 3 is 2.03 bits per heavy atom. The molecule has 0 nitrogen and oxygen atoms in total. The summed E-state index contributed by atoms with van der Waals surface area (Å²) in [6.07, 6.45) is 24.6. The van der Waals surface area contributed by atoms with Gasteiger partial charge in [0.05, 0.1) is 5.02 Å².